The maximum Gasteiger partial charge on any atom is 0.673 e. The summed E-state index contributed by atoms with van der Waals surface area (Å²) in [7, 11) is -6.00. The zero-order valence-electron chi connectivity index (χ0n) is 14.4. The molecule has 0 aromatic carbocycles. The third kappa shape index (κ3) is 11.6. The van der Waals surface area contributed by atoms with Gasteiger partial charge in [-0.05, 0) is 67.6 Å². The van der Waals surface area contributed by atoms with Crippen LogP contribution in [0.2, 0.25) is 0 Å². The van der Waals surface area contributed by atoms with E-state index in [2.05, 4.69) is 67.2 Å². The Kier molecular flexibility index (Phi) is 13.3. The number of hydrogen-bond donors (Lipinski definition) is 0. The fourth-order valence-electron chi connectivity index (χ4n) is 2.05. The first kappa shape index (κ1) is 25.7. The molecule has 6 heteroatoms. The third-order valence-electron chi connectivity index (χ3n) is 3.85. The summed E-state index contributed by atoms with van der Waals surface area (Å²) in [6.07, 6.45) is 9.71. The summed E-state index contributed by atoms with van der Waals surface area (Å²) >= 11 is 0. The van der Waals surface area contributed by atoms with Crippen LogP contribution in [0.4, 0.5) is 17.3 Å². The molecule has 2 aliphatic rings. The van der Waals surface area contributed by atoms with Crippen LogP contribution in [0.1, 0.15) is 48.0 Å². The second-order valence-electron chi connectivity index (χ2n) is 5.40. The van der Waals surface area contributed by atoms with Crippen molar-refractivity contribution in [2.45, 2.75) is 48.0 Å². The van der Waals surface area contributed by atoms with E-state index in [-0.39, 0.29) is 20.1 Å². The first-order valence-corrected chi connectivity index (χ1v) is 7.18. The van der Waals surface area contributed by atoms with Crippen molar-refractivity contribution in [1.29, 1.82) is 0 Å². The fraction of sp³-hybridized carbons (Fsp3) is 0.412. The van der Waals surface area contributed by atoms with Crippen molar-refractivity contribution in [2.75, 3.05) is 0 Å². The van der Waals surface area contributed by atoms with Gasteiger partial charge in [-0.25, -0.2) is 0 Å². The van der Waals surface area contributed by atoms with Crippen LogP contribution in [0.15, 0.2) is 0 Å². The van der Waals surface area contributed by atoms with Crippen molar-refractivity contribution in [1.82, 2.24) is 0 Å². The fourth-order valence-corrected chi connectivity index (χ4v) is 2.05. The molecular weight excluding hydrogens is 483 g/mol. The van der Waals surface area contributed by atoms with Crippen molar-refractivity contribution in [2.24, 2.45) is 0 Å². The number of hydrogen-bond acceptors (Lipinski definition) is 0. The Balaban J connectivity index is 0. The molecule has 0 aromatic heterocycles. The minimum absolute atomic E-state index is 0. The van der Waals surface area contributed by atoms with Gasteiger partial charge in [-0.3, -0.25) is 0 Å². The molecule has 23 heavy (non-hydrogen) atoms. The maximum absolute atomic E-state index is 9.75. The van der Waals surface area contributed by atoms with E-state index in [1.165, 1.54) is 35.5 Å². The molecule has 0 aromatic rings. The summed E-state index contributed by atoms with van der Waals surface area (Å²) in [4.78, 5) is 0. The summed E-state index contributed by atoms with van der Waals surface area (Å²) in [5.41, 5.74) is 0. The summed E-state index contributed by atoms with van der Waals surface area (Å²) in [5.74, 6) is 8.69. The topological polar surface area (TPSA) is 0 Å². The van der Waals surface area contributed by atoms with E-state index in [9.17, 15) is 17.3 Å². The van der Waals surface area contributed by atoms with Gasteiger partial charge in [-0.1, -0.05) is 41.5 Å². The molecule has 2 fully saturated rings. The van der Waals surface area contributed by atoms with Crippen LogP contribution in [-0.4, -0.2) is 7.25 Å². The quantitative estimate of drug-likeness (QED) is 0.276. The average molecular weight is 507 g/mol. The van der Waals surface area contributed by atoms with Crippen LogP contribution in [0, 0.1) is 61.2 Å². The second kappa shape index (κ2) is 11.9. The predicted molar refractivity (Wildman–Crippen MR) is 85.5 cm³/mol. The van der Waals surface area contributed by atoms with E-state index >= 15 is 0 Å². The van der Waals surface area contributed by atoms with Gasteiger partial charge in [0.1, 0.15) is 0 Å². The molecule has 11 radical (unpaired) electrons. The summed E-state index contributed by atoms with van der Waals surface area (Å²) in [6, 6.07) is 0. The van der Waals surface area contributed by atoms with Gasteiger partial charge in [0, 0.05) is 20.1 Å². The van der Waals surface area contributed by atoms with Gasteiger partial charge in [0.05, 0.1) is 0 Å². The third-order valence-corrected chi connectivity index (χ3v) is 3.85. The Hall–Kier alpha value is 0.434. The molecule has 0 spiro atoms. The standard InChI is InChI=1S/C10H15.C7H9.BF4.Ir/c1-6-7(2)9(4)10(5)8(6)3;1-7-5-3-2-4-6-7;2-1(3,4)5;/h1-5H3;3-6H,2H2,1H3;;/q;;-1;. The largest absolute Gasteiger partial charge is 0.673 e. The number of rotatable bonds is 0. The Morgan fingerprint density at radius 2 is 0.870 bits per heavy atom. The van der Waals surface area contributed by atoms with E-state index in [1.54, 1.807) is 0 Å². The first-order valence-electron chi connectivity index (χ1n) is 7.18. The zero-order chi connectivity index (χ0) is 17.5. The number of halogens is 4. The van der Waals surface area contributed by atoms with Gasteiger partial charge >= 0.3 is 7.25 Å². The first-order chi connectivity index (χ1) is 9.95. The summed E-state index contributed by atoms with van der Waals surface area (Å²) < 4.78 is 39.0. The molecule has 2 saturated carbocycles. The maximum atomic E-state index is 9.75. The predicted octanol–water partition coefficient (Wildman–Crippen LogP) is 6.07. The zero-order valence-corrected chi connectivity index (χ0v) is 16.8. The van der Waals surface area contributed by atoms with Gasteiger partial charge < -0.3 is 17.3 Å². The SMILES string of the molecule is C[C]1[CH][CH]C[CH][CH]1.C[C]1[C](C)[C](C)[C](C)[C]1C.F[B-](F)(F)F.[Ir]. The van der Waals surface area contributed by atoms with E-state index in [4.69, 9.17) is 0 Å². The Morgan fingerprint density at radius 1 is 0.652 bits per heavy atom. The van der Waals surface area contributed by atoms with E-state index < -0.39 is 7.25 Å². The van der Waals surface area contributed by atoms with Crippen molar-refractivity contribution in [3.05, 3.63) is 61.2 Å². The molecule has 0 nitrogen and oxygen atoms in total. The van der Waals surface area contributed by atoms with E-state index in [0.717, 1.165) is 6.42 Å². The van der Waals surface area contributed by atoms with Crippen LogP contribution in [0.5, 0.6) is 0 Å². The average Bonchev–Trinajstić information content (AvgIpc) is 2.57. The Labute approximate surface area is 154 Å². The van der Waals surface area contributed by atoms with Crippen LogP contribution in [-0.2, 0) is 20.1 Å². The van der Waals surface area contributed by atoms with Crippen molar-refractivity contribution < 1.29 is 37.4 Å². The van der Waals surface area contributed by atoms with Gasteiger partial charge in [0.15, 0.2) is 0 Å². The van der Waals surface area contributed by atoms with Crippen LogP contribution < -0.4 is 0 Å². The Morgan fingerprint density at radius 3 is 1.00 bits per heavy atom. The molecule has 0 atom stereocenters. The molecule has 2 rings (SSSR count). The molecule has 0 saturated heterocycles. The van der Waals surface area contributed by atoms with Gasteiger partial charge in [0.25, 0.3) is 0 Å². The van der Waals surface area contributed by atoms with Gasteiger partial charge in [-0.15, -0.1) is 0 Å². The monoisotopic (exact) mass is 508 g/mol. The van der Waals surface area contributed by atoms with Crippen LogP contribution in [0.3, 0.4) is 0 Å². The molecule has 0 N–H and O–H groups in total. The molecule has 0 amide bonds. The molecule has 133 valence electrons. The van der Waals surface area contributed by atoms with E-state index in [0.29, 0.717) is 0 Å². The minimum Gasteiger partial charge on any atom is -0.418 e. The van der Waals surface area contributed by atoms with E-state index in [1.807, 2.05) is 0 Å². The summed E-state index contributed by atoms with van der Waals surface area (Å²) in [5, 5.41) is 0. The summed E-state index contributed by atoms with van der Waals surface area (Å²) in [6.45, 7) is 13.1. The molecule has 0 bridgehead atoms. The second-order valence-corrected chi connectivity index (χ2v) is 5.40. The van der Waals surface area contributed by atoms with Crippen molar-refractivity contribution >= 4 is 7.25 Å². The van der Waals surface area contributed by atoms with Crippen LogP contribution >= 0.6 is 0 Å². The molecule has 0 unspecified atom stereocenters. The van der Waals surface area contributed by atoms with Gasteiger partial charge in [-0.2, -0.15) is 0 Å². The van der Waals surface area contributed by atoms with Crippen LogP contribution in [0.25, 0.3) is 0 Å². The normalized spacial score (nSPS) is 22.7. The van der Waals surface area contributed by atoms with Gasteiger partial charge in [0.2, 0.25) is 0 Å². The van der Waals surface area contributed by atoms with Crippen molar-refractivity contribution in [3.8, 4) is 0 Å². The molecule has 0 aliphatic heterocycles. The Bertz CT molecular complexity index is 242. The van der Waals surface area contributed by atoms with Crippen molar-refractivity contribution in [3.63, 3.8) is 0 Å². The molecular formula is C17H24BF4Ir-. The smallest absolute Gasteiger partial charge is 0.418 e. The minimum atomic E-state index is -6.00. The molecule has 2 aliphatic carbocycles. The molecule has 0 heterocycles.